The first kappa shape index (κ1) is 26.6. The molecule has 4 aromatic rings. The van der Waals surface area contributed by atoms with Crippen molar-refractivity contribution in [2.75, 3.05) is 19.6 Å². The van der Waals surface area contributed by atoms with Gasteiger partial charge in [0.25, 0.3) is 0 Å². The molecule has 0 spiro atoms. The zero-order valence-corrected chi connectivity index (χ0v) is 23.0. The summed E-state index contributed by atoms with van der Waals surface area (Å²) in [6.45, 7) is 5.38. The number of benzene rings is 3. The highest BCUT2D eigenvalue weighted by molar-refractivity contribution is 5.44. The number of nitrogens with zero attached hydrogens (tertiary/aromatic N) is 2. The van der Waals surface area contributed by atoms with Gasteiger partial charge in [-0.2, -0.15) is 0 Å². The van der Waals surface area contributed by atoms with Crippen LogP contribution in [0.25, 0.3) is 0 Å². The molecule has 0 radical (unpaired) electrons. The smallest absolute Gasteiger partial charge is 0.191 e. The predicted octanol–water partition coefficient (Wildman–Crippen LogP) is 2.60. The van der Waals surface area contributed by atoms with Gasteiger partial charge in [0.2, 0.25) is 0 Å². The standard InChI is InChI=1S/C31H32FN2O3.BrH/c1-22-12-13-26(18-28(22)32)36-29-21-34(16-14-23(29)15-17-34)20-27-19-30(33-37-27)31(35,24-8-4-2-5-9-24)25-10-6-3-7-11-25;/h2-13,18-19,23,29,35H,14-17,20-21H2,1H3;1H/q+1;/p-1. The minimum atomic E-state index is -1.42. The Morgan fingerprint density at radius 3 is 2.21 bits per heavy atom. The lowest BCUT2D eigenvalue weighted by Crippen LogP contribution is -3.00. The SMILES string of the molecule is Cc1ccc(OC2C[N+]3(Cc4cc(C(O)(c5ccccc5)c5ccccc5)no4)CCC2CC3)cc1F.[Br-]. The second kappa shape index (κ2) is 10.6. The molecule has 1 unspecified atom stereocenters. The van der Waals surface area contributed by atoms with E-state index in [0.717, 1.165) is 53.8 Å². The van der Waals surface area contributed by atoms with Crippen LogP contribution in [0.15, 0.2) is 89.5 Å². The maximum atomic E-state index is 14.1. The van der Waals surface area contributed by atoms with Crippen LogP contribution >= 0.6 is 0 Å². The fourth-order valence-electron chi connectivity index (χ4n) is 6.11. The molecule has 7 rings (SSSR count). The van der Waals surface area contributed by atoms with E-state index in [-0.39, 0.29) is 28.9 Å². The van der Waals surface area contributed by atoms with Gasteiger partial charge in [0.1, 0.15) is 30.4 Å². The maximum Gasteiger partial charge on any atom is 0.191 e. The van der Waals surface area contributed by atoms with E-state index in [9.17, 15) is 9.50 Å². The maximum absolute atomic E-state index is 14.1. The van der Waals surface area contributed by atoms with E-state index in [4.69, 9.17) is 9.26 Å². The molecule has 1 aromatic heterocycles. The molecule has 5 nitrogen and oxygen atoms in total. The molecule has 0 aliphatic carbocycles. The normalized spacial score (nSPS) is 22.6. The van der Waals surface area contributed by atoms with Crippen molar-refractivity contribution in [3.8, 4) is 5.75 Å². The fourth-order valence-corrected chi connectivity index (χ4v) is 6.11. The van der Waals surface area contributed by atoms with Crippen LogP contribution in [0.4, 0.5) is 4.39 Å². The largest absolute Gasteiger partial charge is 1.00 e. The lowest BCUT2D eigenvalue weighted by atomic mass is 9.82. The van der Waals surface area contributed by atoms with Crippen LogP contribution < -0.4 is 21.7 Å². The van der Waals surface area contributed by atoms with Gasteiger partial charge in [-0.25, -0.2) is 4.39 Å². The zero-order valence-electron chi connectivity index (χ0n) is 21.4. The molecular formula is C31H32BrFN2O3. The Bertz CT molecular complexity index is 1330. The van der Waals surface area contributed by atoms with Crippen molar-refractivity contribution in [2.45, 2.75) is 38.0 Å². The van der Waals surface area contributed by atoms with Crippen molar-refractivity contribution in [3.05, 3.63) is 119 Å². The minimum Gasteiger partial charge on any atom is -1.00 e. The predicted molar refractivity (Wildman–Crippen MR) is 138 cm³/mol. The van der Waals surface area contributed by atoms with Gasteiger partial charge < -0.3 is 35.8 Å². The van der Waals surface area contributed by atoms with Crippen LogP contribution in [0.3, 0.4) is 0 Å². The topological polar surface area (TPSA) is 55.5 Å². The summed E-state index contributed by atoms with van der Waals surface area (Å²) < 4.78 is 27.1. The lowest BCUT2D eigenvalue weighted by molar-refractivity contribution is -0.959. The number of hydrogen-bond donors (Lipinski definition) is 1. The van der Waals surface area contributed by atoms with Crippen LogP contribution in [0, 0.1) is 18.7 Å². The number of halogens is 2. The molecule has 198 valence electrons. The number of aliphatic hydroxyl groups is 1. The Hall–Kier alpha value is -3.00. The highest BCUT2D eigenvalue weighted by atomic mass is 79.9. The molecule has 3 aromatic carbocycles. The van der Waals surface area contributed by atoms with E-state index in [1.54, 1.807) is 13.0 Å². The first-order chi connectivity index (χ1) is 18.0. The Balaban J connectivity index is 0.00000294. The third kappa shape index (κ3) is 4.91. The van der Waals surface area contributed by atoms with Crippen molar-refractivity contribution in [1.29, 1.82) is 0 Å². The van der Waals surface area contributed by atoms with E-state index >= 15 is 0 Å². The van der Waals surface area contributed by atoms with E-state index in [1.165, 1.54) is 6.07 Å². The van der Waals surface area contributed by atoms with Crippen LogP contribution in [0.1, 0.15) is 41.0 Å². The van der Waals surface area contributed by atoms with E-state index in [2.05, 4.69) is 5.16 Å². The molecule has 7 heteroatoms. The molecule has 1 atom stereocenters. The Morgan fingerprint density at radius 2 is 1.61 bits per heavy atom. The molecule has 38 heavy (non-hydrogen) atoms. The van der Waals surface area contributed by atoms with E-state index < -0.39 is 5.60 Å². The summed E-state index contributed by atoms with van der Waals surface area (Å²) >= 11 is 0. The van der Waals surface area contributed by atoms with Crippen molar-refractivity contribution in [1.82, 2.24) is 5.16 Å². The van der Waals surface area contributed by atoms with Crippen LogP contribution in [0.5, 0.6) is 5.75 Å². The first-order valence-electron chi connectivity index (χ1n) is 13.0. The summed E-state index contributed by atoms with van der Waals surface area (Å²) in [5.74, 6) is 1.59. The monoisotopic (exact) mass is 578 g/mol. The Morgan fingerprint density at radius 1 is 0.974 bits per heavy atom. The average molecular weight is 580 g/mol. The summed E-state index contributed by atoms with van der Waals surface area (Å²) in [5, 5.41) is 16.4. The second-order valence-corrected chi connectivity index (χ2v) is 10.7. The summed E-state index contributed by atoms with van der Waals surface area (Å²) in [7, 11) is 0. The van der Waals surface area contributed by atoms with Gasteiger partial charge in [0.15, 0.2) is 17.5 Å². The molecule has 3 aliphatic heterocycles. The summed E-state index contributed by atoms with van der Waals surface area (Å²) in [4.78, 5) is 0. The van der Waals surface area contributed by atoms with Crippen molar-refractivity contribution in [3.63, 3.8) is 0 Å². The van der Waals surface area contributed by atoms with Gasteiger partial charge in [0.05, 0.1) is 13.1 Å². The highest BCUT2D eigenvalue weighted by Crippen LogP contribution is 2.40. The quantitative estimate of drug-likeness (QED) is 0.343. The first-order valence-corrected chi connectivity index (χ1v) is 13.0. The van der Waals surface area contributed by atoms with Crippen LogP contribution in [0.2, 0.25) is 0 Å². The zero-order chi connectivity index (χ0) is 25.5. The molecule has 2 bridgehead atoms. The van der Waals surface area contributed by atoms with Crippen LogP contribution in [-0.2, 0) is 12.1 Å². The number of aromatic nitrogens is 1. The van der Waals surface area contributed by atoms with E-state index in [1.807, 2.05) is 72.8 Å². The molecular weight excluding hydrogens is 547 g/mol. The molecule has 1 N–H and O–H groups in total. The number of ether oxygens (including phenoxy) is 1. The van der Waals surface area contributed by atoms with Gasteiger partial charge >= 0.3 is 0 Å². The number of quaternary nitrogens is 1. The molecule has 3 fully saturated rings. The third-order valence-electron chi connectivity index (χ3n) is 8.28. The molecule has 4 heterocycles. The molecule has 0 amide bonds. The van der Waals surface area contributed by atoms with Gasteiger partial charge in [-0.3, -0.25) is 0 Å². The molecule has 0 saturated carbocycles. The summed E-state index contributed by atoms with van der Waals surface area (Å²) in [6, 6.07) is 26.2. The number of rotatable bonds is 7. The molecule has 3 saturated heterocycles. The number of fused-ring (bicyclic) bond motifs is 3. The lowest BCUT2D eigenvalue weighted by Gasteiger charge is -2.51. The number of aryl methyl sites for hydroxylation is 1. The van der Waals surface area contributed by atoms with Gasteiger partial charge in [-0.05, 0) is 29.7 Å². The third-order valence-corrected chi connectivity index (χ3v) is 8.28. The second-order valence-electron chi connectivity index (χ2n) is 10.7. The van der Waals surface area contributed by atoms with Crippen LogP contribution in [-0.4, -0.2) is 40.5 Å². The van der Waals surface area contributed by atoms with Gasteiger partial charge in [-0.1, -0.05) is 71.9 Å². The van der Waals surface area contributed by atoms with Crippen molar-refractivity contribution < 1.29 is 40.2 Å². The Labute approximate surface area is 233 Å². The summed E-state index contributed by atoms with van der Waals surface area (Å²) in [6.07, 6.45) is 2.17. The average Bonchev–Trinajstić information content (AvgIpc) is 3.40. The van der Waals surface area contributed by atoms with Gasteiger partial charge in [-0.15, -0.1) is 0 Å². The van der Waals surface area contributed by atoms with Crippen molar-refractivity contribution in [2.24, 2.45) is 5.92 Å². The van der Waals surface area contributed by atoms with Gasteiger partial charge in [0, 0.05) is 30.9 Å². The Kier molecular flexibility index (Phi) is 7.45. The number of hydrogen-bond acceptors (Lipinski definition) is 4. The highest BCUT2D eigenvalue weighted by Gasteiger charge is 2.48. The minimum absolute atomic E-state index is 0. The van der Waals surface area contributed by atoms with Crippen molar-refractivity contribution >= 4 is 0 Å². The van der Waals surface area contributed by atoms with E-state index in [0.29, 0.717) is 29.5 Å². The molecule has 3 aliphatic rings. The number of piperidine rings is 3. The fraction of sp³-hybridized carbons (Fsp3) is 0.323. The summed E-state index contributed by atoms with van der Waals surface area (Å²) in [5.41, 5.74) is 1.17.